The van der Waals surface area contributed by atoms with Crippen LogP contribution in [0.2, 0.25) is 0 Å². The lowest BCUT2D eigenvalue weighted by Gasteiger charge is -2.17. The predicted molar refractivity (Wildman–Crippen MR) is 120 cm³/mol. The normalized spacial score (nSPS) is 15.1. The van der Waals surface area contributed by atoms with Crippen molar-refractivity contribution in [3.05, 3.63) is 88.5 Å². The summed E-state index contributed by atoms with van der Waals surface area (Å²) in [5.74, 6) is -1.35. The number of anilines is 1. The summed E-state index contributed by atoms with van der Waals surface area (Å²) in [7, 11) is 0. The maximum absolute atomic E-state index is 13.1. The molecule has 0 bridgehead atoms. The van der Waals surface area contributed by atoms with Crippen molar-refractivity contribution >= 4 is 29.3 Å². The number of nitrogens with zero attached hydrogens (tertiary/aromatic N) is 2. The van der Waals surface area contributed by atoms with Crippen LogP contribution in [-0.4, -0.2) is 34.6 Å². The molecule has 3 aromatic rings. The van der Waals surface area contributed by atoms with E-state index in [4.69, 9.17) is 0 Å². The molecule has 0 fully saturated rings. The van der Waals surface area contributed by atoms with Crippen LogP contribution in [0.25, 0.3) is 11.1 Å². The summed E-state index contributed by atoms with van der Waals surface area (Å²) in [5.41, 5.74) is 4.36. The minimum absolute atomic E-state index is 0.234. The molecule has 2 heterocycles. The zero-order valence-corrected chi connectivity index (χ0v) is 17.9. The molecule has 0 saturated heterocycles. The van der Waals surface area contributed by atoms with E-state index in [1.54, 1.807) is 62.4 Å². The number of aryl methyl sites for hydroxylation is 1. The number of amides is 4. The SMILES string of the molecule is Cc1ccc(N2C(=O)c3ccc(-c4ccc5c(c4)C(=O)N(C(C)C)C5=O)cc3C2=O)cc1. The smallest absolute Gasteiger partial charge is 0.266 e. The van der Waals surface area contributed by atoms with Crippen molar-refractivity contribution in [1.82, 2.24) is 4.90 Å². The molecule has 2 aliphatic rings. The van der Waals surface area contributed by atoms with E-state index < -0.39 is 0 Å². The molecular formula is C26H20N2O4. The molecule has 0 aliphatic carbocycles. The van der Waals surface area contributed by atoms with Crippen LogP contribution < -0.4 is 4.90 Å². The first-order chi connectivity index (χ1) is 15.3. The minimum Gasteiger partial charge on any atom is -0.272 e. The Morgan fingerprint density at radius 2 is 1.06 bits per heavy atom. The van der Waals surface area contributed by atoms with Gasteiger partial charge in [-0.25, -0.2) is 4.90 Å². The summed E-state index contributed by atoms with van der Waals surface area (Å²) >= 11 is 0. The Hall–Kier alpha value is -4.06. The third-order valence-corrected chi connectivity index (χ3v) is 5.95. The Bertz CT molecular complexity index is 1340. The first kappa shape index (κ1) is 19.9. The van der Waals surface area contributed by atoms with Gasteiger partial charge < -0.3 is 0 Å². The van der Waals surface area contributed by atoms with Gasteiger partial charge in [0.1, 0.15) is 0 Å². The molecule has 0 radical (unpaired) electrons. The van der Waals surface area contributed by atoms with E-state index in [-0.39, 0.29) is 29.7 Å². The van der Waals surface area contributed by atoms with E-state index in [0.717, 1.165) is 5.56 Å². The Morgan fingerprint density at radius 1 is 0.594 bits per heavy atom. The predicted octanol–water partition coefficient (Wildman–Crippen LogP) is 4.47. The van der Waals surface area contributed by atoms with Crippen LogP contribution in [-0.2, 0) is 0 Å². The lowest BCUT2D eigenvalue weighted by molar-refractivity contribution is 0.0608. The molecule has 4 amide bonds. The number of hydrogen-bond donors (Lipinski definition) is 0. The van der Waals surface area contributed by atoms with Gasteiger partial charge >= 0.3 is 0 Å². The molecule has 6 heteroatoms. The van der Waals surface area contributed by atoms with Crippen LogP contribution in [0, 0.1) is 6.92 Å². The quantitative estimate of drug-likeness (QED) is 0.582. The molecule has 5 rings (SSSR count). The number of hydrogen-bond acceptors (Lipinski definition) is 4. The molecule has 0 spiro atoms. The van der Waals surface area contributed by atoms with E-state index in [1.807, 2.05) is 19.1 Å². The van der Waals surface area contributed by atoms with Gasteiger partial charge in [0.05, 0.1) is 27.9 Å². The van der Waals surface area contributed by atoms with Crippen LogP contribution in [0.1, 0.15) is 60.8 Å². The van der Waals surface area contributed by atoms with E-state index in [2.05, 4.69) is 0 Å². The summed E-state index contributed by atoms with van der Waals surface area (Å²) < 4.78 is 0. The molecule has 0 N–H and O–H groups in total. The number of benzene rings is 3. The highest BCUT2D eigenvalue weighted by Gasteiger charge is 2.38. The van der Waals surface area contributed by atoms with Gasteiger partial charge in [0.2, 0.25) is 0 Å². The van der Waals surface area contributed by atoms with Crippen LogP contribution >= 0.6 is 0 Å². The van der Waals surface area contributed by atoms with Gasteiger partial charge in [0.25, 0.3) is 23.6 Å². The van der Waals surface area contributed by atoms with Gasteiger partial charge in [0, 0.05) is 6.04 Å². The van der Waals surface area contributed by atoms with E-state index in [9.17, 15) is 19.2 Å². The zero-order chi connectivity index (χ0) is 22.7. The highest BCUT2D eigenvalue weighted by atomic mass is 16.2. The average Bonchev–Trinajstić information content (AvgIpc) is 3.18. The molecule has 32 heavy (non-hydrogen) atoms. The number of fused-ring (bicyclic) bond motifs is 2. The number of imide groups is 2. The zero-order valence-electron chi connectivity index (χ0n) is 17.9. The molecule has 0 atom stereocenters. The van der Waals surface area contributed by atoms with Gasteiger partial charge in [-0.05, 0) is 68.3 Å². The number of rotatable bonds is 3. The van der Waals surface area contributed by atoms with Gasteiger partial charge in [-0.15, -0.1) is 0 Å². The van der Waals surface area contributed by atoms with Gasteiger partial charge in [0.15, 0.2) is 0 Å². The summed E-state index contributed by atoms with van der Waals surface area (Å²) in [6, 6.07) is 17.1. The second-order valence-corrected chi connectivity index (χ2v) is 8.38. The number of carbonyl (C=O) groups excluding carboxylic acids is 4. The fourth-order valence-electron chi connectivity index (χ4n) is 4.26. The fourth-order valence-corrected chi connectivity index (χ4v) is 4.26. The van der Waals surface area contributed by atoms with Crippen molar-refractivity contribution in [1.29, 1.82) is 0 Å². The van der Waals surface area contributed by atoms with Crippen LogP contribution in [0.15, 0.2) is 60.7 Å². The lowest BCUT2D eigenvalue weighted by Crippen LogP contribution is -2.35. The summed E-state index contributed by atoms with van der Waals surface area (Å²) in [5, 5.41) is 0. The second-order valence-electron chi connectivity index (χ2n) is 8.38. The van der Waals surface area contributed by atoms with Gasteiger partial charge in [-0.3, -0.25) is 24.1 Å². The van der Waals surface area contributed by atoms with Crippen molar-refractivity contribution in [2.75, 3.05) is 4.90 Å². The standard InChI is InChI=1S/C26H20N2O4/c1-14(2)27-23(29)19-10-6-16(12-21(19)25(27)31)17-7-11-20-22(13-17)26(32)28(24(20)30)18-8-4-15(3)5-9-18/h4-14H,1-3H3. The topological polar surface area (TPSA) is 74.8 Å². The van der Waals surface area contributed by atoms with E-state index in [1.165, 1.54) is 9.80 Å². The number of carbonyl (C=O) groups is 4. The molecule has 2 aliphatic heterocycles. The van der Waals surface area contributed by atoms with Gasteiger partial charge in [-0.2, -0.15) is 0 Å². The second kappa shape index (κ2) is 6.99. The van der Waals surface area contributed by atoms with Crippen molar-refractivity contribution < 1.29 is 19.2 Å². The van der Waals surface area contributed by atoms with Crippen LogP contribution in [0.3, 0.4) is 0 Å². The molecule has 158 valence electrons. The van der Waals surface area contributed by atoms with Crippen LogP contribution in [0.5, 0.6) is 0 Å². The van der Waals surface area contributed by atoms with Crippen molar-refractivity contribution in [3.8, 4) is 11.1 Å². The molecule has 6 nitrogen and oxygen atoms in total. The summed E-state index contributed by atoms with van der Waals surface area (Å²) in [4.78, 5) is 53.7. The Morgan fingerprint density at radius 3 is 1.62 bits per heavy atom. The highest BCUT2D eigenvalue weighted by Crippen LogP contribution is 2.34. The Kier molecular flexibility index (Phi) is 4.34. The van der Waals surface area contributed by atoms with E-state index >= 15 is 0 Å². The third-order valence-electron chi connectivity index (χ3n) is 5.95. The highest BCUT2D eigenvalue weighted by molar-refractivity contribution is 6.34. The summed E-state index contributed by atoms with van der Waals surface area (Å²) in [6.45, 7) is 5.53. The first-order valence-corrected chi connectivity index (χ1v) is 10.4. The van der Waals surface area contributed by atoms with Crippen molar-refractivity contribution in [2.24, 2.45) is 0 Å². The molecular weight excluding hydrogens is 404 g/mol. The molecule has 0 aromatic heterocycles. The third kappa shape index (κ3) is 2.80. The maximum atomic E-state index is 13.1. The van der Waals surface area contributed by atoms with Crippen molar-refractivity contribution in [3.63, 3.8) is 0 Å². The Labute approximate surface area is 185 Å². The Balaban J connectivity index is 1.53. The first-order valence-electron chi connectivity index (χ1n) is 10.4. The lowest BCUT2D eigenvalue weighted by atomic mass is 9.97. The monoisotopic (exact) mass is 424 g/mol. The average molecular weight is 424 g/mol. The fraction of sp³-hybridized carbons (Fsp3) is 0.154. The molecule has 0 saturated carbocycles. The molecule has 3 aromatic carbocycles. The van der Waals surface area contributed by atoms with E-state index in [0.29, 0.717) is 39.1 Å². The molecule has 0 unspecified atom stereocenters. The van der Waals surface area contributed by atoms with Gasteiger partial charge in [-0.1, -0.05) is 29.8 Å². The van der Waals surface area contributed by atoms with Crippen LogP contribution in [0.4, 0.5) is 5.69 Å². The maximum Gasteiger partial charge on any atom is 0.266 e. The summed E-state index contributed by atoms with van der Waals surface area (Å²) in [6.07, 6.45) is 0. The van der Waals surface area contributed by atoms with Crippen molar-refractivity contribution in [2.45, 2.75) is 26.8 Å². The largest absolute Gasteiger partial charge is 0.272 e. The minimum atomic E-state index is -0.380.